The van der Waals surface area contributed by atoms with Gasteiger partial charge in [-0.25, -0.2) is 14.8 Å². The Kier molecular flexibility index (Phi) is 5.93. The SMILES string of the molecule is C[C@H]1COCCN1c1nc(-c2ccc(NC(=O)Nc3ccon3)cc2)nc2c1CCN(C)C2. The van der Waals surface area contributed by atoms with Crippen LogP contribution in [-0.4, -0.2) is 65.4 Å². The maximum Gasteiger partial charge on any atom is 0.324 e. The molecule has 1 atom stereocenters. The van der Waals surface area contributed by atoms with Crippen LogP contribution in [0, 0.1) is 0 Å². The number of morpholine rings is 1. The van der Waals surface area contributed by atoms with Crippen LogP contribution in [0.2, 0.25) is 0 Å². The molecular formula is C23H27N7O3. The van der Waals surface area contributed by atoms with Gasteiger partial charge in [-0.05, 0) is 44.7 Å². The van der Waals surface area contributed by atoms with Crippen LogP contribution in [-0.2, 0) is 17.7 Å². The van der Waals surface area contributed by atoms with Crippen molar-refractivity contribution >= 4 is 23.4 Å². The van der Waals surface area contributed by atoms with E-state index >= 15 is 0 Å². The van der Waals surface area contributed by atoms with Crippen LogP contribution in [0.5, 0.6) is 0 Å². The van der Waals surface area contributed by atoms with Gasteiger partial charge in [0.1, 0.15) is 12.1 Å². The highest BCUT2D eigenvalue weighted by molar-refractivity contribution is 5.99. The molecular weight excluding hydrogens is 422 g/mol. The lowest BCUT2D eigenvalue weighted by Crippen LogP contribution is -2.45. The summed E-state index contributed by atoms with van der Waals surface area (Å²) in [7, 11) is 2.12. The summed E-state index contributed by atoms with van der Waals surface area (Å²) in [5, 5.41) is 9.05. The van der Waals surface area contributed by atoms with E-state index in [2.05, 4.69) is 39.6 Å². The highest BCUT2D eigenvalue weighted by atomic mass is 16.5. The zero-order valence-electron chi connectivity index (χ0n) is 18.7. The summed E-state index contributed by atoms with van der Waals surface area (Å²) < 4.78 is 10.4. The molecule has 10 heteroatoms. The van der Waals surface area contributed by atoms with Crippen molar-refractivity contribution in [1.29, 1.82) is 0 Å². The minimum atomic E-state index is -0.395. The molecule has 2 N–H and O–H groups in total. The lowest BCUT2D eigenvalue weighted by Gasteiger charge is -2.37. The third-order valence-electron chi connectivity index (χ3n) is 5.95. The number of hydrogen-bond acceptors (Lipinski definition) is 8. The number of nitrogens with one attached hydrogen (secondary N) is 2. The molecule has 4 heterocycles. The van der Waals surface area contributed by atoms with E-state index in [4.69, 9.17) is 19.2 Å². The molecule has 5 rings (SSSR count). The van der Waals surface area contributed by atoms with E-state index in [1.807, 2.05) is 24.3 Å². The second-order valence-electron chi connectivity index (χ2n) is 8.44. The predicted molar refractivity (Wildman–Crippen MR) is 124 cm³/mol. The molecule has 0 aliphatic carbocycles. The Morgan fingerprint density at radius 3 is 2.73 bits per heavy atom. The van der Waals surface area contributed by atoms with Gasteiger partial charge in [0.15, 0.2) is 11.6 Å². The van der Waals surface area contributed by atoms with Crippen LogP contribution in [0.3, 0.4) is 0 Å². The van der Waals surface area contributed by atoms with E-state index in [1.165, 1.54) is 11.8 Å². The third kappa shape index (κ3) is 4.67. The molecule has 0 bridgehead atoms. The summed E-state index contributed by atoms with van der Waals surface area (Å²) in [6, 6.07) is 8.96. The number of benzene rings is 1. The van der Waals surface area contributed by atoms with E-state index in [0.29, 0.717) is 30.5 Å². The number of aromatic nitrogens is 3. The Morgan fingerprint density at radius 1 is 1.12 bits per heavy atom. The van der Waals surface area contributed by atoms with Gasteiger partial charge in [-0.2, -0.15) is 0 Å². The topological polar surface area (TPSA) is 109 Å². The first-order chi connectivity index (χ1) is 16.1. The zero-order valence-corrected chi connectivity index (χ0v) is 18.7. The second kappa shape index (κ2) is 9.16. The smallest absolute Gasteiger partial charge is 0.324 e. The average molecular weight is 450 g/mol. The van der Waals surface area contributed by atoms with Gasteiger partial charge >= 0.3 is 6.03 Å². The number of ether oxygens (including phenoxy) is 1. The van der Waals surface area contributed by atoms with Crippen molar-refractivity contribution in [1.82, 2.24) is 20.0 Å². The van der Waals surface area contributed by atoms with Gasteiger partial charge in [-0.1, -0.05) is 5.16 Å². The first-order valence-electron chi connectivity index (χ1n) is 11.1. The molecule has 10 nitrogen and oxygen atoms in total. The number of rotatable bonds is 4. The summed E-state index contributed by atoms with van der Waals surface area (Å²) in [5.74, 6) is 2.06. The molecule has 0 saturated carbocycles. The van der Waals surface area contributed by atoms with Gasteiger partial charge in [-0.3, -0.25) is 5.32 Å². The number of urea groups is 1. The molecule has 2 aliphatic rings. The van der Waals surface area contributed by atoms with Gasteiger partial charge in [0, 0.05) is 42.5 Å². The van der Waals surface area contributed by atoms with Crippen molar-refractivity contribution in [2.45, 2.75) is 25.9 Å². The Hall–Kier alpha value is -3.50. The van der Waals surface area contributed by atoms with Crippen molar-refractivity contribution < 1.29 is 14.1 Å². The number of nitrogens with zero attached hydrogens (tertiary/aromatic N) is 5. The lowest BCUT2D eigenvalue weighted by atomic mass is 10.0. The summed E-state index contributed by atoms with van der Waals surface area (Å²) >= 11 is 0. The maximum absolute atomic E-state index is 12.1. The van der Waals surface area contributed by atoms with Crippen molar-refractivity contribution in [2.75, 3.05) is 48.9 Å². The zero-order chi connectivity index (χ0) is 22.8. The fourth-order valence-electron chi connectivity index (χ4n) is 4.21. The molecule has 2 aliphatic heterocycles. The van der Waals surface area contributed by atoms with Crippen molar-refractivity contribution in [2.24, 2.45) is 0 Å². The molecule has 0 radical (unpaired) electrons. The predicted octanol–water partition coefficient (Wildman–Crippen LogP) is 2.99. The van der Waals surface area contributed by atoms with E-state index in [0.717, 1.165) is 43.1 Å². The van der Waals surface area contributed by atoms with Crippen molar-refractivity contribution in [3.63, 3.8) is 0 Å². The summed E-state index contributed by atoms with van der Waals surface area (Å²) in [6.45, 7) is 6.20. The van der Waals surface area contributed by atoms with Crippen LogP contribution in [0.1, 0.15) is 18.2 Å². The minimum Gasteiger partial charge on any atom is -0.377 e. The highest BCUT2D eigenvalue weighted by Gasteiger charge is 2.28. The van der Waals surface area contributed by atoms with Crippen LogP contribution in [0.15, 0.2) is 41.1 Å². The van der Waals surface area contributed by atoms with E-state index in [9.17, 15) is 4.79 Å². The normalized spacial score (nSPS) is 18.6. The Bertz CT molecular complexity index is 1120. The van der Waals surface area contributed by atoms with Crippen molar-refractivity contribution in [3.8, 4) is 11.4 Å². The molecule has 1 saturated heterocycles. The first kappa shape index (κ1) is 21.4. The van der Waals surface area contributed by atoms with Crippen LogP contribution in [0.4, 0.5) is 22.1 Å². The Morgan fingerprint density at radius 2 is 1.97 bits per heavy atom. The fraction of sp³-hybridized carbons (Fsp3) is 0.391. The van der Waals surface area contributed by atoms with Gasteiger partial charge in [0.2, 0.25) is 0 Å². The summed E-state index contributed by atoms with van der Waals surface area (Å²) in [4.78, 5) is 26.7. The lowest BCUT2D eigenvalue weighted by molar-refractivity contribution is 0.0983. The molecule has 3 aromatic rings. The standard InChI is InChI=1S/C23H27N7O3/c1-15-14-32-12-10-30(15)22-18-7-9-29(2)13-19(18)25-21(27-22)16-3-5-17(6-4-16)24-23(31)26-20-8-11-33-28-20/h3-6,8,11,15H,7,9-10,12-14H2,1-2H3,(H2,24,26,28,31)/t15-/m0/s1. The highest BCUT2D eigenvalue weighted by Crippen LogP contribution is 2.31. The molecule has 2 amide bonds. The molecule has 0 unspecified atom stereocenters. The molecule has 1 aromatic carbocycles. The van der Waals surface area contributed by atoms with E-state index < -0.39 is 6.03 Å². The largest absolute Gasteiger partial charge is 0.377 e. The molecule has 0 spiro atoms. The summed E-state index contributed by atoms with van der Waals surface area (Å²) in [5.41, 5.74) is 3.88. The number of amides is 2. The quantitative estimate of drug-likeness (QED) is 0.626. The maximum atomic E-state index is 12.1. The van der Waals surface area contributed by atoms with Crippen molar-refractivity contribution in [3.05, 3.63) is 47.9 Å². The van der Waals surface area contributed by atoms with E-state index in [-0.39, 0.29) is 6.04 Å². The van der Waals surface area contributed by atoms with Gasteiger partial charge in [-0.15, -0.1) is 0 Å². The Labute approximate surface area is 191 Å². The average Bonchev–Trinajstić information content (AvgIpc) is 3.32. The number of likely N-dealkylation sites (N-methyl/N-ethyl adjacent to an activating group) is 1. The van der Waals surface area contributed by atoms with Crippen LogP contribution < -0.4 is 15.5 Å². The first-order valence-corrected chi connectivity index (χ1v) is 11.1. The summed E-state index contributed by atoms with van der Waals surface area (Å²) in [6.07, 6.45) is 2.34. The Balaban J connectivity index is 1.40. The number of anilines is 3. The van der Waals surface area contributed by atoms with Gasteiger partial charge < -0.3 is 24.4 Å². The van der Waals surface area contributed by atoms with Crippen LogP contribution >= 0.6 is 0 Å². The molecule has 172 valence electrons. The van der Waals surface area contributed by atoms with E-state index in [1.54, 1.807) is 6.07 Å². The second-order valence-corrected chi connectivity index (χ2v) is 8.44. The minimum absolute atomic E-state index is 0.264. The number of carbonyl (C=O) groups is 1. The van der Waals surface area contributed by atoms with Gasteiger partial charge in [0.05, 0.1) is 24.9 Å². The monoisotopic (exact) mass is 449 g/mol. The number of hydrogen-bond donors (Lipinski definition) is 2. The number of carbonyl (C=O) groups excluding carboxylic acids is 1. The molecule has 1 fully saturated rings. The van der Waals surface area contributed by atoms with Crippen LogP contribution in [0.25, 0.3) is 11.4 Å². The number of fused-ring (bicyclic) bond motifs is 1. The molecule has 33 heavy (non-hydrogen) atoms. The fourth-order valence-corrected chi connectivity index (χ4v) is 4.21. The van der Waals surface area contributed by atoms with Gasteiger partial charge in [0.25, 0.3) is 0 Å². The molecule has 2 aromatic heterocycles. The third-order valence-corrected chi connectivity index (χ3v) is 5.95.